The lowest BCUT2D eigenvalue weighted by atomic mass is 9.98. The molecule has 7 aromatic rings. The zero-order valence-electron chi connectivity index (χ0n) is 23.2. The van der Waals surface area contributed by atoms with Gasteiger partial charge >= 0.3 is 0 Å². The van der Waals surface area contributed by atoms with E-state index in [-0.39, 0.29) is 0 Å². The van der Waals surface area contributed by atoms with Gasteiger partial charge in [0.25, 0.3) is 0 Å². The number of fused-ring (bicyclic) bond motifs is 1. The molecular weight excluding hydrogens is 542 g/mol. The van der Waals surface area contributed by atoms with Crippen LogP contribution in [0.15, 0.2) is 182 Å². The fraction of sp³-hybridized carbons (Fsp3) is 0. The van der Waals surface area contributed by atoms with Gasteiger partial charge in [0.2, 0.25) is 0 Å². The van der Waals surface area contributed by atoms with Crippen molar-refractivity contribution in [1.82, 2.24) is 0 Å². The first-order valence-corrected chi connectivity index (χ1v) is 17.0. The molecule has 0 aliphatic heterocycles. The van der Waals surface area contributed by atoms with Crippen molar-refractivity contribution in [3.63, 3.8) is 0 Å². The number of hydrogen-bond acceptors (Lipinski definition) is 0. The second-order valence-electron chi connectivity index (χ2n) is 10.2. The van der Waals surface area contributed by atoms with Gasteiger partial charge < -0.3 is 0 Å². The van der Waals surface area contributed by atoms with Crippen LogP contribution in [0.4, 0.5) is 0 Å². The van der Waals surface area contributed by atoms with E-state index < -0.39 is 15.8 Å². The molecule has 2 heteroatoms. The van der Waals surface area contributed by atoms with Crippen LogP contribution in [-0.4, -0.2) is 0 Å². The normalized spacial score (nSPS) is 11.3. The zero-order valence-corrected chi connectivity index (χ0v) is 25.0. The molecule has 0 saturated heterocycles. The van der Waals surface area contributed by atoms with E-state index in [1.165, 1.54) is 53.7 Å². The van der Waals surface area contributed by atoms with Crippen LogP contribution in [0.2, 0.25) is 0 Å². The van der Waals surface area contributed by atoms with E-state index in [4.69, 9.17) is 0 Å². The molecule has 200 valence electrons. The third-order valence-corrected chi connectivity index (χ3v) is 12.8. The van der Waals surface area contributed by atoms with Gasteiger partial charge in [-0.05, 0) is 70.3 Å². The number of hydrogen-bond donors (Lipinski definition) is 0. The average molecular weight is 573 g/mol. The summed E-state index contributed by atoms with van der Waals surface area (Å²) in [7, 11) is -1.72. The summed E-state index contributed by atoms with van der Waals surface area (Å²) in [5.74, 6) is 0. The molecule has 0 saturated carbocycles. The van der Waals surface area contributed by atoms with E-state index in [2.05, 4.69) is 182 Å². The van der Waals surface area contributed by atoms with Gasteiger partial charge in [-0.25, -0.2) is 0 Å². The summed E-state index contributed by atoms with van der Waals surface area (Å²) in [5.41, 5.74) is 2.61. The summed E-state index contributed by atoms with van der Waals surface area (Å²) in [4.78, 5) is 0. The van der Waals surface area contributed by atoms with Crippen LogP contribution in [-0.2, 0) is 0 Å². The second kappa shape index (κ2) is 12.3. The summed E-state index contributed by atoms with van der Waals surface area (Å²) < 4.78 is 0. The standard InChI is InChI=1S/C40H30P2/c1-6-18-31(19-7-1)39-37-29-17-16-20-32(37)30-38(41(33-21-8-2-9-22-33)34-23-10-3-11-24-34)40(39)42(35-25-12-4-13-26-35)36-27-14-5-15-28-36/h1-30H. The molecule has 0 radical (unpaired) electrons. The molecule has 0 spiro atoms. The largest absolute Gasteiger partial charge is 0.0622 e. The maximum absolute atomic E-state index is 2.50. The lowest BCUT2D eigenvalue weighted by molar-refractivity contribution is 1.68. The highest BCUT2D eigenvalue weighted by molar-refractivity contribution is 7.85. The van der Waals surface area contributed by atoms with E-state index in [1.54, 1.807) is 0 Å². The van der Waals surface area contributed by atoms with Crippen molar-refractivity contribution in [2.75, 3.05) is 0 Å². The van der Waals surface area contributed by atoms with Gasteiger partial charge in [0, 0.05) is 5.30 Å². The van der Waals surface area contributed by atoms with Crippen LogP contribution in [0, 0.1) is 0 Å². The Morgan fingerprint density at radius 2 is 0.714 bits per heavy atom. The monoisotopic (exact) mass is 572 g/mol. The Morgan fingerprint density at radius 3 is 1.19 bits per heavy atom. The Morgan fingerprint density at radius 1 is 0.333 bits per heavy atom. The number of rotatable bonds is 7. The summed E-state index contributed by atoms with van der Waals surface area (Å²) in [6.07, 6.45) is 0. The van der Waals surface area contributed by atoms with Gasteiger partial charge in [0.05, 0.1) is 0 Å². The lowest BCUT2D eigenvalue weighted by Gasteiger charge is -2.31. The fourth-order valence-electron chi connectivity index (χ4n) is 5.76. The Labute approximate surface area is 250 Å². The molecule has 0 nitrogen and oxygen atoms in total. The first-order valence-electron chi connectivity index (χ1n) is 14.3. The van der Waals surface area contributed by atoms with Gasteiger partial charge in [-0.3, -0.25) is 0 Å². The molecule has 0 atom stereocenters. The minimum absolute atomic E-state index is 0.844. The highest BCUT2D eigenvalue weighted by Crippen LogP contribution is 2.44. The zero-order chi connectivity index (χ0) is 28.1. The summed E-state index contributed by atoms with van der Waals surface area (Å²) >= 11 is 0. The quantitative estimate of drug-likeness (QED) is 0.170. The molecule has 0 N–H and O–H groups in total. The molecular formula is C40H30P2. The van der Waals surface area contributed by atoms with E-state index in [1.807, 2.05) is 0 Å². The van der Waals surface area contributed by atoms with Crippen LogP contribution in [0.1, 0.15) is 0 Å². The lowest BCUT2D eigenvalue weighted by Crippen LogP contribution is -2.36. The Hall–Kier alpha value is -4.34. The molecule has 42 heavy (non-hydrogen) atoms. The molecule has 7 rings (SSSR count). The predicted octanol–water partition coefficient (Wildman–Crippen LogP) is 8.02. The molecule has 0 amide bonds. The van der Waals surface area contributed by atoms with Crippen molar-refractivity contribution in [2.45, 2.75) is 0 Å². The molecule has 0 aromatic heterocycles. The smallest absolute Gasteiger partial charge is 0.00175 e. The molecule has 7 aromatic carbocycles. The first-order chi connectivity index (χ1) is 20.9. The maximum atomic E-state index is 2.50. The molecule has 0 fully saturated rings. The van der Waals surface area contributed by atoms with Gasteiger partial charge in [-0.1, -0.05) is 176 Å². The van der Waals surface area contributed by atoms with Crippen LogP contribution in [0.5, 0.6) is 0 Å². The molecule has 0 aliphatic rings. The minimum Gasteiger partial charge on any atom is -0.0622 e. The summed E-state index contributed by atoms with van der Waals surface area (Å²) in [6, 6.07) is 67.0. The third kappa shape index (κ3) is 5.21. The van der Waals surface area contributed by atoms with Crippen LogP contribution < -0.4 is 31.8 Å². The van der Waals surface area contributed by atoms with E-state index in [9.17, 15) is 0 Å². The minimum atomic E-state index is -0.881. The third-order valence-electron chi connectivity index (χ3n) is 7.59. The second-order valence-corrected chi connectivity index (χ2v) is 14.6. The van der Waals surface area contributed by atoms with Gasteiger partial charge in [-0.2, -0.15) is 0 Å². The maximum Gasteiger partial charge on any atom is 0.00175 e. The van der Waals surface area contributed by atoms with E-state index >= 15 is 0 Å². The van der Waals surface area contributed by atoms with Gasteiger partial charge in [-0.15, -0.1) is 0 Å². The highest BCUT2D eigenvalue weighted by atomic mass is 31.1. The molecule has 0 unspecified atom stereocenters. The van der Waals surface area contributed by atoms with Crippen molar-refractivity contribution in [3.05, 3.63) is 182 Å². The number of benzene rings is 7. The summed E-state index contributed by atoms with van der Waals surface area (Å²) in [5, 5.41) is 10.9. The summed E-state index contributed by atoms with van der Waals surface area (Å²) in [6.45, 7) is 0. The Bertz CT molecular complexity index is 1820. The first kappa shape index (κ1) is 26.6. The van der Waals surface area contributed by atoms with E-state index in [0.29, 0.717) is 0 Å². The average Bonchev–Trinajstić information content (AvgIpc) is 3.07. The SMILES string of the molecule is c1ccc(-c2c(P(c3ccccc3)c3ccccc3)c(P(c3ccccc3)c3ccccc3)cc3ccccc23)cc1. The van der Waals surface area contributed by atoms with Crippen LogP contribution in [0.3, 0.4) is 0 Å². The van der Waals surface area contributed by atoms with Crippen molar-refractivity contribution in [2.24, 2.45) is 0 Å². The molecule has 0 bridgehead atoms. The van der Waals surface area contributed by atoms with Crippen molar-refractivity contribution < 1.29 is 0 Å². The van der Waals surface area contributed by atoms with Crippen molar-refractivity contribution >= 4 is 58.4 Å². The topological polar surface area (TPSA) is 0 Å². The van der Waals surface area contributed by atoms with Gasteiger partial charge in [0.15, 0.2) is 0 Å². The van der Waals surface area contributed by atoms with Crippen molar-refractivity contribution in [1.29, 1.82) is 0 Å². The Kier molecular flexibility index (Phi) is 7.75. The predicted molar refractivity (Wildman–Crippen MR) is 187 cm³/mol. The Balaban J connectivity index is 1.67. The van der Waals surface area contributed by atoms with Crippen molar-refractivity contribution in [3.8, 4) is 11.1 Å². The molecule has 0 heterocycles. The fourth-order valence-corrected chi connectivity index (χ4v) is 11.3. The molecule has 0 aliphatic carbocycles. The van der Waals surface area contributed by atoms with E-state index in [0.717, 1.165) is 0 Å². The highest BCUT2D eigenvalue weighted by Gasteiger charge is 2.30. The van der Waals surface area contributed by atoms with Crippen LogP contribution in [0.25, 0.3) is 21.9 Å². The van der Waals surface area contributed by atoms with Gasteiger partial charge in [0.1, 0.15) is 0 Å². The van der Waals surface area contributed by atoms with Crippen LogP contribution >= 0.6 is 15.8 Å².